The van der Waals surface area contributed by atoms with E-state index in [4.69, 9.17) is 11.6 Å². The fourth-order valence-corrected chi connectivity index (χ4v) is 2.40. The van der Waals surface area contributed by atoms with Crippen molar-refractivity contribution >= 4 is 17.4 Å². The largest absolute Gasteiger partial charge is 0.507 e. The number of Topliss-reactive ketones (excluding diaryl/α,β-unsaturated/α-hetero) is 1. The Morgan fingerprint density at radius 2 is 1.89 bits per heavy atom. The van der Waals surface area contributed by atoms with Crippen LogP contribution in [0.5, 0.6) is 5.75 Å². The predicted octanol–water partition coefficient (Wildman–Crippen LogP) is 4.15. The lowest BCUT2D eigenvalue weighted by atomic mass is 9.97. The number of carbonyl (C=O) groups excluding carboxylic acids is 1. The average Bonchev–Trinajstić information content (AvgIpc) is 2.37. The van der Waals surface area contributed by atoms with Crippen LogP contribution in [0, 0.1) is 6.92 Å². The number of phenolic OH excluding ortho intramolecular Hbond substituents is 1. The van der Waals surface area contributed by atoms with E-state index in [0.29, 0.717) is 11.4 Å². The Hall–Kier alpha value is -1.80. The Kier molecular flexibility index (Phi) is 3.91. The number of ketones is 1. The van der Waals surface area contributed by atoms with Crippen LogP contribution in [-0.4, -0.2) is 10.9 Å². The van der Waals surface area contributed by atoms with Gasteiger partial charge in [0.15, 0.2) is 5.78 Å². The fraction of sp³-hybridized carbons (Fsp3) is 0.188. The molecule has 0 radical (unpaired) electrons. The smallest absolute Gasteiger partial charge is 0.165 e. The molecular weight excluding hydrogens is 260 g/mol. The van der Waals surface area contributed by atoms with Gasteiger partial charge in [-0.1, -0.05) is 48.0 Å². The zero-order valence-electron chi connectivity index (χ0n) is 10.9. The maximum atomic E-state index is 11.6. The number of hydrogen-bond acceptors (Lipinski definition) is 2. The Bertz CT molecular complexity index is 618. The number of aryl methyl sites for hydroxylation is 1. The summed E-state index contributed by atoms with van der Waals surface area (Å²) in [7, 11) is 0. The number of hydrogen-bond donors (Lipinski definition) is 1. The minimum absolute atomic E-state index is 0.00745. The van der Waals surface area contributed by atoms with E-state index in [9.17, 15) is 9.90 Å². The third-order valence-electron chi connectivity index (χ3n) is 3.09. The number of carbonyl (C=O) groups is 1. The number of aromatic hydroxyl groups is 1. The van der Waals surface area contributed by atoms with Gasteiger partial charge in [-0.05, 0) is 30.5 Å². The first kappa shape index (κ1) is 13.6. The molecule has 0 saturated carbocycles. The zero-order valence-corrected chi connectivity index (χ0v) is 11.7. The highest BCUT2D eigenvalue weighted by molar-refractivity contribution is 6.35. The molecule has 0 atom stereocenters. The second-order valence-electron chi connectivity index (χ2n) is 4.61. The summed E-state index contributed by atoms with van der Waals surface area (Å²) in [4.78, 5) is 11.6. The Morgan fingerprint density at radius 3 is 2.47 bits per heavy atom. The van der Waals surface area contributed by atoms with Crippen molar-refractivity contribution in [1.82, 2.24) is 0 Å². The molecule has 0 aliphatic carbocycles. The van der Waals surface area contributed by atoms with Gasteiger partial charge in [0, 0.05) is 6.42 Å². The molecule has 2 aromatic rings. The maximum absolute atomic E-state index is 11.6. The van der Waals surface area contributed by atoms with Crippen molar-refractivity contribution in [2.24, 2.45) is 0 Å². The molecule has 0 aliphatic heterocycles. The normalized spacial score (nSPS) is 10.5. The van der Waals surface area contributed by atoms with Crippen molar-refractivity contribution < 1.29 is 9.90 Å². The molecule has 98 valence electrons. The molecule has 0 unspecified atom stereocenters. The molecule has 0 spiro atoms. The van der Waals surface area contributed by atoms with E-state index in [0.717, 1.165) is 16.7 Å². The molecular formula is C16H15ClO2. The summed E-state index contributed by atoms with van der Waals surface area (Å²) in [6, 6.07) is 11.6. The zero-order chi connectivity index (χ0) is 14.0. The van der Waals surface area contributed by atoms with Gasteiger partial charge in [-0.2, -0.15) is 0 Å². The van der Waals surface area contributed by atoms with Crippen molar-refractivity contribution in [3.63, 3.8) is 0 Å². The van der Waals surface area contributed by atoms with Crippen molar-refractivity contribution in [2.45, 2.75) is 20.3 Å². The molecule has 1 N–H and O–H groups in total. The van der Waals surface area contributed by atoms with Crippen LogP contribution in [0.4, 0.5) is 0 Å². The molecule has 0 amide bonds. The second kappa shape index (κ2) is 5.45. The van der Waals surface area contributed by atoms with Gasteiger partial charge < -0.3 is 5.11 Å². The first-order valence-electron chi connectivity index (χ1n) is 6.06. The average molecular weight is 275 g/mol. The van der Waals surface area contributed by atoms with Crippen LogP contribution in [0.1, 0.15) is 34.0 Å². The Morgan fingerprint density at radius 1 is 1.26 bits per heavy atom. The molecule has 0 bridgehead atoms. The van der Waals surface area contributed by atoms with Crippen molar-refractivity contribution in [2.75, 3.05) is 0 Å². The van der Waals surface area contributed by atoms with Gasteiger partial charge in [0.05, 0.1) is 10.6 Å². The van der Waals surface area contributed by atoms with Crippen LogP contribution in [0.2, 0.25) is 5.02 Å². The lowest BCUT2D eigenvalue weighted by Gasteiger charge is -2.12. The van der Waals surface area contributed by atoms with Gasteiger partial charge in [0.25, 0.3) is 0 Å². The van der Waals surface area contributed by atoms with Crippen LogP contribution in [0.3, 0.4) is 0 Å². The summed E-state index contributed by atoms with van der Waals surface area (Å²) >= 11 is 6.09. The third-order valence-corrected chi connectivity index (χ3v) is 3.57. The monoisotopic (exact) mass is 274 g/mol. The van der Waals surface area contributed by atoms with Crippen LogP contribution < -0.4 is 0 Å². The lowest BCUT2D eigenvalue weighted by Crippen LogP contribution is -2.00. The second-order valence-corrected chi connectivity index (χ2v) is 4.99. The fourth-order valence-electron chi connectivity index (χ4n) is 2.13. The first-order chi connectivity index (χ1) is 9.00. The standard InChI is InChI=1S/C16H15ClO2/c1-10-8-13(9-12-6-4-3-5-7-12)16(19)14(11(2)18)15(10)17/h3-8,19H,9H2,1-2H3. The van der Waals surface area contributed by atoms with Gasteiger partial charge in [0.2, 0.25) is 0 Å². The highest BCUT2D eigenvalue weighted by Gasteiger charge is 2.18. The van der Waals surface area contributed by atoms with E-state index in [1.165, 1.54) is 6.92 Å². The van der Waals surface area contributed by atoms with Gasteiger partial charge in [-0.25, -0.2) is 0 Å². The molecule has 3 heteroatoms. The quantitative estimate of drug-likeness (QED) is 0.854. The maximum Gasteiger partial charge on any atom is 0.165 e. The van der Waals surface area contributed by atoms with Crippen LogP contribution in [0.25, 0.3) is 0 Å². The summed E-state index contributed by atoms with van der Waals surface area (Å²) in [5.41, 5.74) is 2.82. The lowest BCUT2D eigenvalue weighted by molar-refractivity contribution is 0.101. The van der Waals surface area contributed by atoms with Crippen LogP contribution >= 0.6 is 11.6 Å². The van der Waals surface area contributed by atoms with E-state index >= 15 is 0 Å². The molecule has 0 aromatic heterocycles. The molecule has 0 fully saturated rings. The molecule has 0 aliphatic rings. The number of benzene rings is 2. The first-order valence-corrected chi connectivity index (χ1v) is 6.44. The van der Waals surface area contributed by atoms with Crippen LogP contribution in [-0.2, 0) is 6.42 Å². The highest BCUT2D eigenvalue weighted by Crippen LogP contribution is 2.34. The molecule has 2 aromatic carbocycles. The summed E-state index contributed by atoms with van der Waals surface area (Å²) < 4.78 is 0. The van der Waals surface area contributed by atoms with Gasteiger partial charge in [-0.3, -0.25) is 4.79 Å². The molecule has 19 heavy (non-hydrogen) atoms. The summed E-state index contributed by atoms with van der Waals surface area (Å²) in [5.74, 6) is -0.229. The van der Waals surface area contributed by atoms with Gasteiger partial charge >= 0.3 is 0 Å². The van der Waals surface area contributed by atoms with E-state index < -0.39 is 0 Å². The van der Waals surface area contributed by atoms with E-state index in [2.05, 4.69) is 0 Å². The molecule has 2 rings (SSSR count). The number of halogens is 1. The topological polar surface area (TPSA) is 37.3 Å². The van der Waals surface area contributed by atoms with Gasteiger partial charge in [0.1, 0.15) is 5.75 Å². The molecule has 0 heterocycles. The Labute approximate surface area is 117 Å². The highest BCUT2D eigenvalue weighted by atomic mass is 35.5. The van der Waals surface area contributed by atoms with Crippen molar-refractivity contribution in [3.05, 3.63) is 63.7 Å². The predicted molar refractivity (Wildman–Crippen MR) is 77.1 cm³/mol. The number of phenols is 1. The van der Waals surface area contributed by atoms with E-state index in [1.54, 1.807) is 0 Å². The summed E-state index contributed by atoms with van der Waals surface area (Å²) in [5, 5.41) is 10.6. The van der Waals surface area contributed by atoms with E-state index in [1.807, 2.05) is 43.3 Å². The molecule has 2 nitrogen and oxygen atoms in total. The molecule has 0 saturated heterocycles. The van der Waals surface area contributed by atoms with Crippen LogP contribution in [0.15, 0.2) is 36.4 Å². The van der Waals surface area contributed by atoms with Crippen molar-refractivity contribution in [1.29, 1.82) is 0 Å². The third kappa shape index (κ3) is 2.79. The SMILES string of the molecule is CC(=O)c1c(O)c(Cc2ccccc2)cc(C)c1Cl. The Balaban J connectivity index is 2.50. The number of rotatable bonds is 3. The van der Waals surface area contributed by atoms with E-state index in [-0.39, 0.29) is 17.1 Å². The minimum Gasteiger partial charge on any atom is -0.507 e. The minimum atomic E-state index is -0.222. The van der Waals surface area contributed by atoms with Crippen molar-refractivity contribution in [3.8, 4) is 5.75 Å². The van der Waals surface area contributed by atoms with Gasteiger partial charge in [-0.15, -0.1) is 0 Å². The summed E-state index contributed by atoms with van der Waals surface area (Å²) in [6.07, 6.45) is 0.574. The summed E-state index contributed by atoms with van der Waals surface area (Å²) in [6.45, 7) is 3.25.